The standard InChI is InChI=1S/C24H24ClN5O2/c25-19-6-4-18(5-7-19)21-15-26-23(32-21)8-9-24(31)29-13-11-28(12-14-29)16-20-17-30-10-2-1-3-22(30)27-20/h1-7,10,15,17H,8-9,11-14,16H2. The second-order valence-corrected chi connectivity index (χ2v) is 8.42. The Morgan fingerprint density at radius 1 is 1.06 bits per heavy atom. The molecule has 0 radical (unpaired) electrons. The third kappa shape index (κ3) is 4.69. The van der Waals surface area contributed by atoms with Crippen LogP contribution in [0, 0.1) is 0 Å². The van der Waals surface area contributed by atoms with E-state index in [9.17, 15) is 4.79 Å². The fourth-order valence-electron chi connectivity index (χ4n) is 3.99. The first-order chi connectivity index (χ1) is 15.6. The summed E-state index contributed by atoms with van der Waals surface area (Å²) in [5.41, 5.74) is 2.93. The van der Waals surface area contributed by atoms with Gasteiger partial charge in [-0.1, -0.05) is 17.7 Å². The van der Waals surface area contributed by atoms with Gasteiger partial charge in [-0.2, -0.15) is 0 Å². The highest BCUT2D eigenvalue weighted by molar-refractivity contribution is 6.30. The molecule has 1 aliphatic heterocycles. The Kier molecular flexibility index (Phi) is 5.92. The Hall–Kier alpha value is -3.16. The minimum Gasteiger partial charge on any atom is -0.441 e. The summed E-state index contributed by atoms with van der Waals surface area (Å²) in [4.78, 5) is 25.9. The van der Waals surface area contributed by atoms with E-state index in [0.29, 0.717) is 29.5 Å². The first-order valence-corrected chi connectivity index (χ1v) is 11.2. The Morgan fingerprint density at radius 2 is 1.88 bits per heavy atom. The van der Waals surface area contributed by atoms with Crippen molar-refractivity contribution in [2.45, 2.75) is 19.4 Å². The molecule has 164 valence electrons. The Balaban J connectivity index is 1.10. The summed E-state index contributed by atoms with van der Waals surface area (Å²) in [6, 6.07) is 13.4. The number of oxazole rings is 1. The predicted octanol–water partition coefficient (Wildman–Crippen LogP) is 3.92. The van der Waals surface area contributed by atoms with Gasteiger partial charge in [-0.05, 0) is 36.4 Å². The average Bonchev–Trinajstić information content (AvgIpc) is 3.45. The van der Waals surface area contributed by atoms with Crippen LogP contribution in [0.4, 0.5) is 0 Å². The summed E-state index contributed by atoms with van der Waals surface area (Å²) in [5.74, 6) is 1.40. The summed E-state index contributed by atoms with van der Waals surface area (Å²) in [6.07, 6.45) is 6.66. The van der Waals surface area contributed by atoms with Crippen LogP contribution in [0.1, 0.15) is 18.0 Å². The van der Waals surface area contributed by atoms with Gasteiger partial charge in [0.25, 0.3) is 0 Å². The van der Waals surface area contributed by atoms with Gasteiger partial charge in [-0.3, -0.25) is 9.69 Å². The SMILES string of the molecule is O=C(CCc1ncc(-c2ccc(Cl)cc2)o1)N1CCN(Cc2cn3ccccc3n2)CC1. The van der Waals surface area contributed by atoms with Gasteiger partial charge in [0.1, 0.15) is 5.65 Å². The molecule has 1 amide bonds. The topological polar surface area (TPSA) is 66.9 Å². The van der Waals surface area contributed by atoms with Crippen molar-refractivity contribution in [3.05, 3.63) is 77.7 Å². The number of amides is 1. The fraction of sp³-hybridized carbons (Fsp3) is 0.292. The molecular weight excluding hydrogens is 426 g/mol. The van der Waals surface area contributed by atoms with E-state index in [2.05, 4.69) is 21.1 Å². The van der Waals surface area contributed by atoms with E-state index in [1.54, 1.807) is 6.20 Å². The molecule has 7 nitrogen and oxygen atoms in total. The van der Waals surface area contributed by atoms with Crippen molar-refractivity contribution in [2.75, 3.05) is 26.2 Å². The summed E-state index contributed by atoms with van der Waals surface area (Å²) in [6.45, 7) is 3.95. The molecule has 0 N–H and O–H groups in total. The van der Waals surface area contributed by atoms with Gasteiger partial charge in [0, 0.05) is 68.5 Å². The van der Waals surface area contributed by atoms with Crippen LogP contribution in [-0.4, -0.2) is 56.3 Å². The minimum atomic E-state index is 0.142. The molecule has 5 rings (SSSR count). The number of hydrogen-bond acceptors (Lipinski definition) is 5. The molecule has 8 heteroatoms. The number of piperazine rings is 1. The highest BCUT2D eigenvalue weighted by Gasteiger charge is 2.22. The zero-order chi connectivity index (χ0) is 21.9. The van der Waals surface area contributed by atoms with E-state index in [1.807, 2.05) is 58.0 Å². The molecule has 0 aliphatic carbocycles. The average molecular weight is 450 g/mol. The number of pyridine rings is 1. The number of hydrogen-bond donors (Lipinski definition) is 0. The summed E-state index contributed by atoms with van der Waals surface area (Å²) in [5, 5.41) is 0.678. The number of carbonyl (C=O) groups excluding carboxylic acids is 1. The van der Waals surface area contributed by atoms with Gasteiger partial charge in [-0.25, -0.2) is 9.97 Å². The number of nitrogens with zero attached hydrogens (tertiary/aromatic N) is 5. The van der Waals surface area contributed by atoms with Crippen molar-refractivity contribution in [1.82, 2.24) is 24.2 Å². The van der Waals surface area contributed by atoms with E-state index in [-0.39, 0.29) is 5.91 Å². The highest BCUT2D eigenvalue weighted by atomic mass is 35.5. The van der Waals surface area contributed by atoms with Gasteiger partial charge >= 0.3 is 0 Å². The third-order valence-electron chi connectivity index (χ3n) is 5.76. The van der Waals surface area contributed by atoms with E-state index in [4.69, 9.17) is 16.0 Å². The number of fused-ring (bicyclic) bond motifs is 1. The molecule has 3 aromatic heterocycles. The maximum Gasteiger partial charge on any atom is 0.223 e. The summed E-state index contributed by atoms with van der Waals surface area (Å²) in [7, 11) is 0. The number of rotatable bonds is 6. The highest BCUT2D eigenvalue weighted by Crippen LogP contribution is 2.23. The van der Waals surface area contributed by atoms with Crippen molar-refractivity contribution in [2.24, 2.45) is 0 Å². The van der Waals surface area contributed by atoms with Gasteiger partial charge in [0.2, 0.25) is 5.91 Å². The molecule has 4 aromatic rings. The molecule has 0 spiro atoms. The van der Waals surface area contributed by atoms with E-state index >= 15 is 0 Å². The van der Waals surface area contributed by atoms with Crippen LogP contribution in [0.2, 0.25) is 5.02 Å². The van der Waals surface area contributed by atoms with Crippen LogP contribution in [0.15, 0.2) is 65.5 Å². The molecule has 0 bridgehead atoms. The molecule has 0 unspecified atom stereocenters. The molecule has 0 atom stereocenters. The molecular formula is C24H24ClN5O2. The number of imidazole rings is 1. The first-order valence-electron chi connectivity index (χ1n) is 10.8. The van der Waals surface area contributed by atoms with Crippen molar-refractivity contribution in [3.63, 3.8) is 0 Å². The number of carbonyl (C=O) groups is 1. The number of aryl methyl sites for hydroxylation is 1. The molecule has 1 aliphatic rings. The van der Waals surface area contributed by atoms with Crippen LogP contribution in [0.5, 0.6) is 0 Å². The molecule has 4 heterocycles. The van der Waals surface area contributed by atoms with E-state index in [1.165, 1.54) is 0 Å². The maximum atomic E-state index is 12.7. The lowest BCUT2D eigenvalue weighted by Crippen LogP contribution is -2.48. The Labute approximate surface area is 191 Å². The van der Waals surface area contributed by atoms with E-state index in [0.717, 1.165) is 49.6 Å². The van der Waals surface area contributed by atoms with E-state index < -0.39 is 0 Å². The zero-order valence-electron chi connectivity index (χ0n) is 17.7. The van der Waals surface area contributed by atoms with Gasteiger partial charge in [-0.15, -0.1) is 0 Å². The van der Waals surface area contributed by atoms with Crippen LogP contribution in [0.25, 0.3) is 17.0 Å². The number of aromatic nitrogens is 3. The maximum absolute atomic E-state index is 12.7. The minimum absolute atomic E-state index is 0.142. The lowest BCUT2D eigenvalue weighted by atomic mass is 10.2. The second kappa shape index (κ2) is 9.14. The van der Waals surface area contributed by atoms with Gasteiger partial charge in [0.05, 0.1) is 11.9 Å². The first kappa shape index (κ1) is 20.7. The van der Waals surface area contributed by atoms with Gasteiger partial charge < -0.3 is 13.7 Å². The summed E-state index contributed by atoms with van der Waals surface area (Å²) < 4.78 is 7.85. The number of halogens is 1. The van der Waals surface area contributed by atoms with Crippen LogP contribution in [0.3, 0.4) is 0 Å². The molecule has 0 saturated carbocycles. The van der Waals surface area contributed by atoms with Crippen LogP contribution in [-0.2, 0) is 17.8 Å². The van der Waals surface area contributed by atoms with Crippen LogP contribution >= 0.6 is 11.6 Å². The van der Waals surface area contributed by atoms with Gasteiger partial charge in [0.15, 0.2) is 11.7 Å². The fourth-order valence-corrected chi connectivity index (χ4v) is 4.12. The Bertz CT molecular complexity index is 1180. The van der Waals surface area contributed by atoms with Crippen molar-refractivity contribution < 1.29 is 9.21 Å². The second-order valence-electron chi connectivity index (χ2n) is 7.98. The van der Waals surface area contributed by atoms with Crippen molar-refractivity contribution in [1.29, 1.82) is 0 Å². The molecule has 1 fully saturated rings. The monoisotopic (exact) mass is 449 g/mol. The quantitative estimate of drug-likeness (QED) is 0.446. The van der Waals surface area contributed by atoms with Crippen molar-refractivity contribution >= 4 is 23.2 Å². The molecule has 1 saturated heterocycles. The lowest BCUT2D eigenvalue weighted by Gasteiger charge is -2.34. The largest absolute Gasteiger partial charge is 0.441 e. The van der Waals surface area contributed by atoms with Crippen molar-refractivity contribution in [3.8, 4) is 11.3 Å². The smallest absolute Gasteiger partial charge is 0.223 e. The third-order valence-corrected chi connectivity index (χ3v) is 6.01. The normalized spacial score (nSPS) is 14.8. The number of benzene rings is 1. The zero-order valence-corrected chi connectivity index (χ0v) is 18.4. The molecule has 32 heavy (non-hydrogen) atoms. The molecule has 1 aromatic carbocycles. The van der Waals surface area contributed by atoms with Crippen LogP contribution < -0.4 is 0 Å². The summed E-state index contributed by atoms with van der Waals surface area (Å²) >= 11 is 5.93. The lowest BCUT2D eigenvalue weighted by molar-refractivity contribution is -0.133. The Morgan fingerprint density at radius 3 is 2.66 bits per heavy atom. The predicted molar refractivity (Wildman–Crippen MR) is 122 cm³/mol.